The highest BCUT2D eigenvalue weighted by Gasteiger charge is 2.20. The molecule has 0 amide bonds. The molecule has 3 unspecified atom stereocenters. The van der Waals surface area contributed by atoms with E-state index in [1.165, 1.54) is 57.8 Å². The highest BCUT2D eigenvalue weighted by atomic mass is 14.3. The first-order chi connectivity index (χ1) is 10.7. The molecule has 0 saturated heterocycles. The van der Waals surface area contributed by atoms with Gasteiger partial charge in [-0.05, 0) is 36.2 Å². The van der Waals surface area contributed by atoms with E-state index in [2.05, 4.69) is 58.0 Å². The average Bonchev–Trinajstić information content (AvgIpc) is 2.56. The molecule has 0 radical (unpaired) electrons. The van der Waals surface area contributed by atoms with Crippen molar-refractivity contribution >= 4 is 0 Å². The molecule has 0 nitrogen and oxygen atoms in total. The molecule has 0 aliphatic heterocycles. The van der Waals surface area contributed by atoms with Crippen LogP contribution in [0.3, 0.4) is 0 Å². The van der Waals surface area contributed by atoms with E-state index in [9.17, 15) is 0 Å². The van der Waals surface area contributed by atoms with Crippen LogP contribution in [0.5, 0.6) is 0 Å². The van der Waals surface area contributed by atoms with Crippen LogP contribution in [0.25, 0.3) is 0 Å². The number of benzene rings is 1. The standard InChI is InChI=1S/C22H38/c1-5-8-11-15-20(7-3)19(4)18-22(14-9-6-2)21-16-12-10-13-17-21/h10,12-13,16-17,19-20,22H,5-9,11,14-15,18H2,1-4H3. The second kappa shape index (κ2) is 11.7. The first kappa shape index (κ1) is 19.3. The van der Waals surface area contributed by atoms with Gasteiger partial charge in [0.1, 0.15) is 0 Å². The Balaban J connectivity index is 2.62. The molecule has 0 bridgehead atoms. The summed E-state index contributed by atoms with van der Waals surface area (Å²) in [5, 5.41) is 0. The zero-order valence-corrected chi connectivity index (χ0v) is 15.5. The van der Waals surface area contributed by atoms with E-state index >= 15 is 0 Å². The predicted octanol–water partition coefficient (Wildman–Crippen LogP) is 7.59. The van der Waals surface area contributed by atoms with Gasteiger partial charge in [0.25, 0.3) is 0 Å². The van der Waals surface area contributed by atoms with E-state index in [0.29, 0.717) is 0 Å². The summed E-state index contributed by atoms with van der Waals surface area (Å²) in [6, 6.07) is 11.2. The average molecular weight is 303 g/mol. The van der Waals surface area contributed by atoms with Crippen molar-refractivity contribution in [2.45, 2.75) is 91.4 Å². The Morgan fingerprint density at radius 3 is 2.09 bits per heavy atom. The van der Waals surface area contributed by atoms with E-state index in [4.69, 9.17) is 0 Å². The Morgan fingerprint density at radius 2 is 1.50 bits per heavy atom. The fourth-order valence-corrected chi connectivity index (χ4v) is 3.79. The van der Waals surface area contributed by atoms with Crippen molar-refractivity contribution < 1.29 is 0 Å². The Labute approximate surface area is 139 Å². The fraction of sp³-hybridized carbons (Fsp3) is 0.727. The lowest BCUT2D eigenvalue weighted by Crippen LogP contribution is -2.15. The lowest BCUT2D eigenvalue weighted by molar-refractivity contribution is 0.278. The Kier molecular flexibility index (Phi) is 10.3. The normalized spacial score (nSPS) is 15.5. The largest absolute Gasteiger partial charge is 0.0654 e. The highest BCUT2D eigenvalue weighted by molar-refractivity contribution is 5.19. The van der Waals surface area contributed by atoms with Crippen LogP contribution in [0.2, 0.25) is 0 Å². The van der Waals surface area contributed by atoms with E-state index < -0.39 is 0 Å². The molecule has 22 heavy (non-hydrogen) atoms. The molecule has 1 aromatic carbocycles. The zero-order chi connectivity index (χ0) is 16.2. The topological polar surface area (TPSA) is 0 Å². The van der Waals surface area contributed by atoms with Crippen molar-refractivity contribution in [3.05, 3.63) is 35.9 Å². The molecule has 0 aliphatic carbocycles. The minimum Gasteiger partial charge on any atom is -0.0654 e. The van der Waals surface area contributed by atoms with Crippen LogP contribution in [0.15, 0.2) is 30.3 Å². The number of rotatable bonds is 12. The quantitative estimate of drug-likeness (QED) is 0.349. The van der Waals surface area contributed by atoms with Crippen LogP contribution in [0.1, 0.15) is 97.0 Å². The minimum absolute atomic E-state index is 0.761. The molecular formula is C22H38. The van der Waals surface area contributed by atoms with Gasteiger partial charge in [-0.25, -0.2) is 0 Å². The molecule has 0 N–H and O–H groups in total. The molecule has 0 fully saturated rings. The molecule has 1 aromatic rings. The molecule has 1 rings (SSSR count). The Hall–Kier alpha value is -0.780. The number of hydrogen-bond donors (Lipinski definition) is 0. The molecule has 0 aliphatic rings. The van der Waals surface area contributed by atoms with Gasteiger partial charge in [-0.1, -0.05) is 103 Å². The maximum absolute atomic E-state index is 2.50. The number of hydrogen-bond acceptors (Lipinski definition) is 0. The first-order valence-corrected chi connectivity index (χ1v) is 9.77. The monoisotopic (exact) mass is 302 g/mol. The summed E-state index contributed by atoms with van der Waals surface area (Å²) in [6.45, 7) is 9.50. The van der Waals surface area contributed by atoms with Crippen molar-refractivity contribution in [3.63, 3.8) is 0 Å². The summed E-state index contributed by atoms with van der Waals surface area (Å²) in [7, 11) is 0. The van der Waals surface area contributed by atoms with Crippen LogP contribution < -0.4 is 0 Å². The van der Waals surface area contributed by atoms with Crippen LogP contribution >= 0.6 is 0 Å². The van der Waals surface area contributed by atoms with E-state index in [0.717, 1.165) is 17.8 Å². The second-order valence-corrected chi connectivity index (χ2v) is 7.13. The van der Waals surface area contributed by atoms with Gasteiger partial charge in [0.2, 0.25) is 0 Å². The van der Waals surface area contributed by atoms with Gasteiger partial charge < -0.3 is 0 Å². The molecular weight excluding hydrogens is 264 g/mol. The summed E-state index contributed by atoms with van der Waals surface area (Å²) in [4.78, 5) is 0. The van der Waals surface area contributed by atoms with E-state index in [-0.39, 0.29) is 0 Å². The Morgan fingerprint density at radius 1 is 0.818 bits per heavy atom. The van der Waals surface area contributed by atoms with Crippen molar-refractivity contribution in [1.82, 2.24) is 0 Å². The fourth-order valence-electron chi connectivity index (χ4n) is 3.79. The van der Waals surface area contributed by atoms with Crippen LogP contribution in [-0.4, -0.2) is 0 Å². The molecule has 126 valence electrons. The SMILES string of the molecule is CCCCCC(CC)C(C)CC(CCCC)c1ccccc1. The third-order valence-electron chi connectivity index (χ3n) is 5.34. The van der Waals surface area contributed by atoms with Gasteiger partial charge in [-0.2, -0.15) is 0 Å². The van der Waals surface area contributed by atoms with Gasteiger partial charge in [0.05, 0.1) is 0 Å². The van der Waals surface area contributed by atoms with Gasteiger partial charge in [-0.3, -0.25) is 0 Å². The highest BCUT2D eigenvalue weighted by Crippen LogP contribution is 2.34. The molecule has 0 saturated carbocycles. The second-order valence-electron chi connectivity index (χ2n) is 7.13. The maximum atomic E-state index is 2.50. The lowest BCUT2D eigenvalue weighted by Gasteiger charge is -2.27. The molecule has 3 atom stereocenters. The van der Waals surface area contributed by atoms with Gasteiger partial charge in [0.15, 0.2) is 0 Å². The van der Waals surface area contributed by atoms with Crippen LogP contribution in [-0.2, 0) is 0 Å². The molecule has 0 heteroatoms. The molecule has 0 spiro atoms. The smallest absolute Gasteiger partial charge is 0.0159 e. The first-order valence-electron chi connectivity index (χ1n) is 9.77. The zero-order valence-electron chi connectivity index (χ0n) is 15.5. The molecule has 0 aromatic heterocycles. The summed E-state index contributed by atoms with van der Waals surface area (Å²) in [5.41, 5.74) is 1.56. The number of unbranched alkanes of at least 4 members (excludes halogenated alkanes) is 3. The van der Waals surface area contributed by atoms with Crippen LogP contribution in [0.4, 0.5) is 0 Å². The van der Waals surface area contributed by atoms with Crippen molar-refractivity contribution in [2.24, 2.45) is 11.8 Å². The summed E-state index contributed by atoms with van der Waals surface area (Å²) < 4.78 is 0. The van der Waals surface area contributed by atoms with Crippen molar-refractivity contribution in [1.29, 1.82) is 0 Å². The van der Waals surface area contributed by atoms with E-state index in [1.54, 1.807) is 5.56 Å². The summed E-state index contributed by atoms with van der Waals surface area (Å²) >= 11 is 0. The predicted molar refractivity (Wildman–Crippen MR) is 100 cm³/mol. The summed E-state index contributed by atoms with van der Waals surface area (Å²) in [5.74, 6) is 2.53. The maximum Gasteiger partial charge on any atom is -0.0159 e. The van der Waals surface area contributed by atoms with Gasteiger partial charge in [0, 0.05) is 0 Å². The van der Waals surface area contributed by atoms with Crippen molar-refractivity contribution in [2.75, 3.05) is 0 Å². The molecule has 0 heterocycles. The van der Waals surface area contributed by atoms with Crippen molar-refractivity contribution in [3.8, 4) is 0 Å². The third-order valence-corrected chi connectivity index (χ3v) is 5.34. The summed E-state index contributed by atoms with van der Waals surface area (Å²) in [6.07, 6.45) is 12.3. The van der Waals surface area contributed by atoms with Gasteiger partial charge in [-0.15, -0.1) is 0 Å². The van der Waals surface area contributed by atoms with Gasteiger partial charge >= 0.3 is 0 Å². The third kappa shape index (κ3) is 6.99. The minimum atomic E-state index is 0.761. The van der Waals surface area contributed by atoms with E-state index in [1.807, 2.05) is 0 Å². The lowest BCUT2D eigenvalue weighted by atomic mass is 9.78. The Bertz CT molecular complexity index is 354. The van der Waals surface area contributed by atoms with Crippen LogP contribution in [0, 0.1) is 11.8 Å².